The second-order valence-electron chi connectivity index (χ2n) is 6.13. The summed E-state index contributed by atoms with van der Waals surface area (Å²) in [5.41, 5.74) is 9.52. The van der Waals surface area contributed by atoms with E-state index in [4.69, 9.17) is 17.3 Å². The van der Waals surface area contributed by atoms with Crippen LogP contribution in [0.5, 0.6) is 0 Å². The molecular weight excluding hydrogens is 322 g/mol. The topological polar surface area (TPSA) is 67.1 Å². The second-order valence-corrected chi connectivity index (χ2v) is 6.51. The number of pyridine rings is 2. The minimum atomic E-state index is 0.451. The first-order valence-corrected chi connectivity index (χ1v) is 8.91. The molecule has 5 nitrogen and oxygen atoms in total. The van der Waals surface area contributed by atoms with E-state index in [-0.39, 0.29) is 0 Å². The van der Waals surface area contributed by atoms with Gasteiger partial charge in [0.05, 0.1) is 11.0 Å². The van der Waals surface area contributed by atoms with Crippen LogP contribution in [0.4, 0.5) is 0 Å². The van der Waals surface area contributed by atoms with E-state index >= 15 is 0 Å². The van der Waals surface area contributed by atoms with Gasteiger partial charge >= 0.3 is 0 Å². The molecule has 0 amide bonds. The van der Waals surface area contributed by atoms with Gasteiger partial charge in [0.15, 0.2) is 0 Å². The van der Waals surface area contributed by atoms with Crippen LogP contribution in [-0.2, 0) is 0 Å². The lowest BCUT2D eigenvalue weighted by atomic mass is 10.1. The number of fused-ring (bicyclic) bond motifs is 1. The van der Waals surface area contributed by atoms with Crippen molar-refractivity contribution in [2.75, 3.05) is 32.7 Å². The predicted molar refractivity (Wildman–Crippen MR) is 99.9 cm³/mol. The van der Waals surface area contributed by atoms with E-state index in [2.05, 4.69) is 20.2 Å². The molecule has 0 atom stereocenters. The van der Waals surface area contributed by atoms with Crippen LogP contribution in [0.15, 0.2) is 30.6 Å². The number of likely N-dealkylation sites (tertiary alicyclic amines) is 1. The molecule has 2 aromatic rings. The Hall–Kier alpha value is -1.69. The van der Waals surface area contributed by atoms with Gasteiger partial charge in [0.1, 0.15) is 5.15 Å². The van der Waals surface area contributed by atoms with Gasteiger partial charge in [-0.25, -0.2) is 4.98 Å². The molecule has 0 aromatic carbocycles. The van der Waals surface area contributed by atoms with Gasteiger partial charge in [0, 0.05) is 31.0 Å². The number of aromatic nitrogens is 2. The lowest BCUT2D eigenvalue weighted by Gasteiger charge is -2.14. The third-order valence-electron chi connectivity index (χ3n) is 4.36. The molecule has 0 radical (unpaired) electrons. The van der Waals surface area contributed by atoms with E-state index in [1.807, 2.05) is 24.5 Å². The summed E-state index contributed by atoms with van der Waals surface area (Å²) in [5.74, 6) is 0. The number of rotatable bonds is 7. The van der Waals surface area contributed by atoms with Crippen LogP contribution in [0.3, 0.4) is 0 Å². The van der Waals surface area contributed by atoms with Crippen molar-refractivity contribution >= 4 is 28.2 Å². The van der Waals surface area contributed by atoms with Gasteiger partial charge in [0.2, 0.25) is 0 Å². The normalized spacial score (nSPS) is 16.0. The van der Waals surface area contributed by atoms with E-state index in [0.29, 0.717) is 11.7 Å². The zero-order valence-electron chi connectivity index (χ0n) is 13.8. The number of nitrogens with two attached hydrogens (primary N) is 1. The first-order valence-electron chi connectivity index (χ1n) is 8.54. The second kappa shape index (κ2) is 8.42. The van der Waals surface area contributed by atoms with Crippen molar-refractivity contribution in [1.82, 2.24) is 20.2 Å². The van der Waals surface area contributed by atoms with Gasteiger partial charge < -0.3 is 16.0 Å². The number of nitrogens with zero attached hydrogens (tertiary/aromatic N) is 3. The molecule has 2 aromatic heterocycles. The van der Waals surface area contributed by atoms with E-state index in [1.165, 1.54) is 32.5 Å². The van der Waals surface area contributed by atoms with Crippen LogP contribution in [0.25, 0.3) is 16.6 Å². The van der Waals surface area contributed by atoms with Crippen LogP contribution in [0.2, 0.25) is 5.15 Å². The molecule has 0 saturated carbocycles. The molecule has 3 heterocycles. The van der Waals surface area contributed by atoms with Crippen molar-refractivity contribution in [3.8, 4) is 0 Å². The Morgan fingerprint density at radius 3 is 2.92 bits per heavy atom. The number of hydrogen-bond donors (Lipinski definition) is 2. The van der Waals surface area contributed by atoms with Crippen molar-refractivity contribution in [3.05, 3.63) is 41.3 Å². The first kappa shape index (κ1) is 17.1. The zero-order valence-corrected chi connectivity index (χ0v) is 14.6. The van der Waals surface area contributed by atoms with Gasteiger partial charge in [-0.05, 0) is 62.7 Å². The van der Waals surface area contributed by atoms with Crippen molar-refractivity contribution in [1.29, 1.82) is 0 Å². The molecule has 128 valence electrons. The van der Waals surface area contributed by atoms with Gasteiger partial charge in [-0.1, -0.05) is 11.6 Å². The Balaban J connectivity index is 1.59. The molecule has 0 bridgehead atoms. The summed E-state index contributed by atoms with van der Waals surface area (Å²) < 4.78 is 0. The molecule has 1 aliphatic rings. The molecule has 1 fully saturated rings. The highest BCUT2D eigenvalue weighted by atomic mass is 35.5. The summed E-state index contributed by atoms with van der Waals surface area (Å²) >= 11 is 5.96. The standard InChI is InChI=1S/C18H24ClN5/c19-18-5-4-16-17(23-18)10-14(13-22-16)15(11-20)12-21-6-3-9-24-7-1-2-8-24/h4-5,10,12-13,21H,1-3,6-9,11,20H2/b15-12+. The van der Waals surface area contributed by atoms with E-state index in [9.17, 15) is 0 Å². The Morgan fingerprint density at radius 2 is 2.12 bits per heavy atom. The molecule has 1 saturated heterocycles. The summed E-state index contributed by atoms with van der Waals surface area (Å²) in [6.45, 7) is 5.07. The highest BCUT2D eigenvalue weighted by molar-refractivity contribution is 6.29. The lowest BCUT2D eigenvalue weighted by molar-refractivity contribution is 0.333. The third kappa shape index (κ3) is 4.44. The summed E-state index contributed by atoms with van der Waals surface area (Å²) in [5, 5.41) is 3.85. The van der Waals surface area contributed by atoms with Crippen molar-refractivity contribution in [2.45, 2.75) is 19.3 Å². The molecule has 0 spiro atoms. The number of nitrogens with one attached hydrogen (secondary N) is 1. The van der Waals surface area contributed by atoms with Crippen LogP contribution in [0.1, 0.15) is 24.8 Å². The minimum absolute atomic E-state index is 0.451. The first-order chi connectivity index (χ1) is 11.8. The van der Waals surface area contributed by atoms with Gasteiger partial charge in [0.25, 0.3) is 0 Å². The Morgan fingerprint density at radius 1 is 1.29 bits per heavy atom. The fourth-order valence-electron chi connectivity index (χ4n) is 3.02. The highest BCUT2D eigenvalue weighted by Gasteiger charge is 2.10. The molecule has 1 aliphatic heterocycles. The maximum absolute atomic E-state index is 5.96. The van der Waals surface area contributed by atoms with Crippen LogP contribution >= 0.6 is 11.6 Å². The molecule has 24 heavy (non-hydrogen) atoms. The summed E-state index contributed by atoms with van der Waals surface area (Å²) in [6.07, 6.45) is 7.66. The van der Waals surface area contributed by atoms with Gasteiger partial charge in [-0.3, -0.25) is 4.98 Å². The van der Waals surface area contributed by atoms with Crippen LogP contribution in [-0.4, -0.2) is 47.6 Å². The SMILES string of the molecule is NC/C(=C\NCCCN1CCCC1)c1cnc2ccc(Cl)nc2c1. The molecule has 6 heteroatoms. The highest BCUT2D eigenvalue weighted by Crippen LogP contribution is 2.18. The molecule has 3 rings (SSSR count). The van der Waals surface area contributed by atoms with Crippen LogP contribution < -0.4 is 11.1 Å². The number of hydrogen-bond acceptors (Lipinski definition) is 5. The largest absolute Gasteiger partial charge is 0.391 e. The molecule has 0 aliphatic carbocycles. The maximum atomic E-state index is 5.96. The summed E-state index contributed by atoms with van der Waals surface area (Å²) in [4.78, 5) is 11.3. The van der Waals surface area contributed by atoms with Crippen molar-refractivity contribution < 1.29 is 0 Å². The van der Waals surface area contributed by atoms with Gasteiger partial charge in [-0.15, -0.1) is 0 Å². The fraction of sp³-hybridized carbons (Fsp3) is 0.444. The predicted octanol–water partition coefficient (Wildman–Crippen LogP) is 2.66. The fourth-order valence-corrected chi connectivity index (χ4v) is 3.18. The quantitative estimate of drug-likeness (QED) is 0.596. The van der Waals surface area contributed by atoms with E-state index in [0.717, 1.165) is 35.1 Å². The molecule has 0 unspecified atom stereocenters. The molecular formula is C18H24ClN5. The summed E-state index contributed by atoms with van der Waals surface area (Å²) in [7, 11) is 0. The zero-order chi connectivity index (χ0) is 16.8. The van der Waals surface area contributed by atoms with Crippen molar-refractivity contribution in [3.63, 3.8) is 0 Å². The Kier molecular flexibility index (Phi) is 6.01. The third-order valence-corrected chi connectivity index (χ3v) is 4.58. The average Bonchev–Trinajstić information content (AvgIpc) is 3.11. The minimum Gasteiger partial charge on any atom is -0.391 e. The van der Waals surface area contributed by atoms with E-state index < -0.39 is 0 Å². The van der Waals surface area contributed by atoms with Crippen LogP contribution in [0, 0.1) is 0 Å². The lowest BCUT2D eigenvalue weighted by Crippen LogP contribution is -2.23. The van der Waals surface area contributed by atoms with Gasteiger partial charge in [-0.2, -0.15) is 0 Å². The summed E-state index contributed by atoms with van der Waals surface area (Å²) in [6, 6.07) is 5.61. The average molecular weight is 346 g/mol. The maximum Gasteiger partial charge on any atom is 0.129 e. The van der Waals surface area contributed by atoms with E-state index in [1.54, 1.807) is 6.07 Å². The smallest absolute Gasteiger partial charge is 0.129 e. The Labute approximate surface area is 147 Å². The monoisotopic (exact) mass is 345 g/mol. The number of halogens is 1. The van der Waals surface area contributed by atoms with Crippen molar-refractivity contribution in [2.24, 2.45) is 5.73 Å². The Bertz CT molecular complexity index is 710. The molecule has 3 N–H and O–H groups in total.